The van der Waals surface area contributed by atoms with E-state index in [0.29, 0.717) is 25.9 Å². The molecule has 0 bridgehead atoms. The number of anilines is 2. The fraction of sp³-hybridized carbons (Fsp3) is 0.440. The first-order valence-corrected chi connectivity index (χ1v) is 13.7. The maximum Gasteiger partial charge on any atom is 0.270 e. The Morgan fingerprint density at radius 3 is 2.43 bits per heavy atom. The SMILES string of the molecule is CCN(CC)C(=O)C1CCCCN1S(=O)(=O)c1cc([N+](=O)[O-])ccc1NN=Cc1ccc(N(C)C)cc1. The number of nitrogens with zero attached hydrogens (tertiary/aromatic N) is 5. The molecule has 0 aliphatic carbocycles. The fourth-order valence-electron chi connectivity index (χ4n) is 4.28. The summed E-state index contributed by atoms with van der Waals surface area (Å²) in [6.45, 7) is 4.78. The third-order valence-electron chi connectivity index (χ3n) is 6.38. The van der Waals surface area contributed by atoms with Crippen molar-refractivity contribution in [2.75, 3.05) is 44.1 Å². The van der Waals surface area contributed by atoms with Crippen molar-refractivity contribution in [1.82, 2.24) is 9.21 Å². The molecular formula is C25H34N6O5S. The van der Waals surface area contributed by atoms with Crippen molar-refractivity contribution in [2.24, 2.45) is 5.10 Å². The van der Waals surface area contributed by atoms with Crippen LogP contribution in [0.4, 0.5) is 17.1 Å². The fourth-order valence-corrected chi connectivity index (χ4v) is 6.09. The molecule has 1 aliphatic heterocycles. The summed E-state index contributed by atoms with van der Waals surface area (Å²) in [7, 11) is -0.395. The number of carbonyl (C=O) groups is 1. The number of likely N-dealkylation sites (N-methyl/N-ethyl adjacent to an activating group) is 1. The predicted octanol–water partition coefficient (Wildman–Crippen LogP) is 3.52. The number of sulfonamides is 1. The Morgan fingerprint density at radius 2 is 1.84 bits per heavy atom. The number of nitrogens with one attached hydrogen (secondary N) is 1. The average Bonchev–Trinajstić information content (AvgIpc) is 2.89. The molecule has 11 nitrogen and oxygen atoms in total. The number of carbonyl (C=O) groups excluding carboxylic acids is 1. The number of hydrogen-bond acceptors (Lipinski definition) is 8. The second-order valence-corrected chi connectivity index (χ2v) is 10.8. The molecule has 0 aromatic heterocycles. The molecule has 200 valence electrons. The van der Waals surface area contributed by atoms with Crippen LogP contribution in [-0.2, 0) is 14.8 Å². The van der Waals surface area contributed by atoms with E-state index in [-0.39, 0.29) is 28.7 Å². The van der Waals surface area contributed by atoms with Gasteiger partial charge in [0, 0.05) is 51.5 Å². The highest BCUT2D eigenvalue weighted by Gasteiger charge is 2.40. The molecule has 1 unspecified atom stereocenters. The number of hydrogen-bond donors (Lipinski definition) is 1. The molecule has 0 radical (unpaired) electrons. The molecule has 0 spiro atoms. The van der Waals surface area contributed by atoms with Crippen molar-refractivity contribution in [3.63, 3.8) is 0 Å². The van der Waals surface area contributed by atoms with Crippen molar-refractivity contribution >= 4 is 39.2 Å². The van der Waals surface area contributed by atoms with Gasteiger partial charge in [0.25, 0.3) is 5.69 Å². The van der Waals surface area contributed by atoms with Crippen molar-refractivity contribution in [3.8, 4) is 0 Å². The van der Waals surface area contributed by atoms with E-state index in [1.807, 2.05) is 57.1 Å². The zero-order valence-electron chi connectivity index (χ0n) is 21.6. The lowest BCUT2D eigenvalue weighted by Gasteiger charge is -2.36. The van der Waals surface area contributed by atoms with Gasteiger partial charge in [-0.1, -0.05) is 18.6 Å². The summed E-state index contributed by atoms with van der Waals surface area (Å²) in [6.07, 6.45) is 3.25. The van der Waals surface area contributed by atoms with Gasteiger partial charge in [-0.15, -0.1) is 0 Å². The number of hydrazone groups is 1. The zero-order chi connectivity index (χ0) is 27.2. The van der Waals surface area contributed by atoms with E-state index >= 15 is 0 Å². The largest absolute Gasteiger partial charge is 0.378 e. The van der Waals surface area contributed by atoms with Gasteiger partial charge in [0.1, 0.15) is 10.9 Å². The average molecular weight is 531 g/mol. The molecule has 1 atom stereocenters. The second kappa shape index (κ2) is 12.2. The number of amides is 1. The summed E-state index contributed by atoms with van der Waals surface area (Å²) < 4.78 is 28.9. The number of non-ortho nitro benzene ring substituents is 1. The Labute approximate surface area is 217 Å². The van der Waals surface area contributed by atoms with E-state index in [9.17, 15) is 23.3 Å². The quantitative estimate of drug-likeness (QED) is 0.283. The van der Waals surface area contributed by atoms with E-state index in [1.165, 1.54) is 22.7 Å². The molecule has 37 heavy (non-hydrogen) atoms. The summed E-state index contributed by atoms with van der Waals surface area (Å²) >= 11 is 0. The van der Waals surface area contributed by atoms with E-state index in [1.54, 1.807) is 4.90 Å². The molecular weight excluding hydrogens is 496 g/mol. The maximum absolute atomic E-state index is 13.9. The summed E-state index contributed by atoms with van der Waals surface area (Å²) in [5, 5.41) is 15.6. The van der Waals surface area contributed by atoms with Crippen LogP contribution in [0.15, 0.2) is 52.5 Å². The number of nitro groups is 1. The van der Waals surface area contributed by atoms with Crippen LogP contribution in [-0.4, -0.2) is 74.4 Å². The van der Waals surface area contributed by atoms with Gasteiger partial charge in [-0.25, -0.2) is 8.42 Å². The number of piperidine rings is 1. The third-order valence-corrected chi connectivity index (χ3v) is 8.33. The van der Waals surface area contributed by atoms with Crippen LogP contribution in [0, 0.1) is 10.1 Å². The summed E-state index contributed by atoms with van der Waals surface area (Å²) in [6, 6.07) is 10.3. The standard InChI is InChI=1S/C25H34N6O5S/c1-5-29(6-2)25(32)23-9-7-8-16-30(23)37(35,36)24-17-21(31(33)34)14-15-22(24)27-26-18-19-10-12-20(13-11-19)28(3)4/h10-15,17-18,23,27H,5-9,16H2,1-4H3. The van der Waals surface area contributed by atoms with E-state index < -0.39 is 21.0 Å². The lowest BCUT2D eigenvalue weighted by molar-refractivity contribution is -0.385. The Kier molecular flexibility index (Phi) is 9.22. The molecule has 1 N–H and O–H groups in total. The van der Waals surface area contributed by atoms with Crippen LogP contribution in [0.3, 0.4) is 0 Å². The molecule has 1 heterocycles. The molecule has 1 amide bonds. The highest BCUT2D eigenvalue weighted by molar-refractivity contribution is 7.89. The van der Waals surface area contributed by atoms with Crippen molar-refractivity contribution in [3.05, 3.63) is 58.1 Å². The molecule has 0 saturated carbocycles. The van der Waals surface area contributed by atoms with Crippen LogP contribution < -0.4 is 10.3 Å². The molecule has 1 fully saturated rings. The van der Waals surface area contributed by atoms with Crippen LogP contribution in [0.25, 0.3) is 0 Å². The minimum absolute atomic E-state index is 0.0892. The number of nitro benzene ring substituents is 1. The van der Waals surface area contributed by atoms with Gasteiger partial charge in [0.05, 0.1) is 16.8 Å². The zero-order valence-corrected chi connectivity index (χ0v) is 22.4. The van der Waals surface area contributed by atoms with Crippen LogP contribution in [0.5, 0.6) is 0 Å². The molecule has 3 rings (SSSR count). The first-order chi connectivity index (χ1) is 17.6. The minimum Gasteiger partial charge on any atom is -0.378 e. The first kappa shape index (κ1) is 28.1. The van der Waals surface area contributed by atoms with E-state index in [2.05, 4.69) is 10.5 Å². The highest BCUT2D eigenvalue weighted by Crippen LogP contribution is 2.33. The summed E-state index contributed by atoms with van der Waals surface area (Å²) in [4.78, 5) is 27.3. The Hall–Kier alpha value is -3.51. The normalized spacial score (nSPS) is 16.5. The van der Waals surface area contributed by atoms with Gasteiger partial charge >= 0.3 is 0 Å². The topological polar surface area (TPSA) is 128 Å². The molecule has 2 aromatic carbocycles. The third kappa shape index (κ3) is 6.44. The van der Waals surface area contributed by atoms with Crippen molar-refractivity contribution in [2.45, 2.75) is 44.0 Å². The van der Waals surface area contributed by atoms with E-state index in [0.717, 1.165) is 23.7 Å². The molecule has 2 aromatic rings. The van der Waals surface area contributed by atoms with E-state index in [4.69, 9.17) is 0 Å². The van der Waals surface area contributed by atoms with Gasteiger partial charge in [0.15, 0.2) is 0 Å². The first-order valence-electron chi connectivity index (χ1n) is 12.3. The number of benzene rings is 2. The Morgan fingerprint density at radius 1 is 1.16 bits per heavy atom. The van der Waals surface area contributed by atoms with Crippen LogP contribution in [0.1, 0.15) is 38.7 Å². The van der Waals surface area contributed by atoms with Crippen molar-refractivity contribution < 1.29 is 18.1 Å². The van der Waals surface area contributed by atoms with Gasteiger partial charge in [0.2, 0.25) is 15.9 Å². The predicted molar refractivity (Wildman–Crippen MR) is 145 cm³/mol. The van der Waals surface area contributed by atoms with Gasteiger partial charge in [-0.3, -0.25) is 20.3 Å². The maximum atomic E-state index is 13.9. The lowest BCUT2D eigenvalue weighted by Crippen LogP contribution is -2.52. The summed E-state index contributed by atoms with van der Waals surface area (Å²) in [5.74, 6) is -0.257. The van der Waals surface area contributed by atoms with Crippen molar-refractivity contribution in [1.29, 1.82) is 0 Å². The van der Waals surface area contributed by atoms with Gasteiger partial charge in [-0.2, -0.15) is 9.41 Å². The lowest BCUT2D eigenvalue weighted by atomic mass is 10.0. The molecule has 1 saturated heterocycles. The highest BCUT2D eigenvalue weighted by atomic mass is 32.2. The second-order valence-electron chi connectivity index (χ2n) is 8.93. The Bertz CT molecular complexity index is 1240. The summed E-state index contributed by atoms with van der Waals surface area (Å²) in [5.41, 5.74) is 4.26. The molecule has 1 aliphatic rings. The number of rotatable bonds is 10. The van der Waals surface area contributed by atoms with Gasteiger partial charge < -0.3 is 9.80 Å². The van der Waals surface area contributed by atoms with Crippen LogP contribution in [0.2, 0.25) is 0 Å². The monoisotopic (exact) mass is 530 g/mol. The molecule has 12 heteroatoms. The van der Waals surface area contributed by atoms with Crippen LogP contribution >= 0.6 is 0 Å². The Balaban J connectivity index is 1.96. The minimum atomic E-state index is -4.26. The van der Waals surface area contributed by atoms with Gasteiger partial charge in [-0.05, 0) is 50.5 Å². The smallest absolute Gasteiger partial charge is 0.270 e.